The number of carbonyl (C=O) groups is 3. The van der Waals surface area contributed by atoms with Crippen molar-refractivity contribution < 1.29 is 19.1 Å². The van der Waals surface area contributed by atoms with Crippen LogP contribution >= 0.6 is 0 Å². The number of urea groups is 1. The highest BCUT2D eigenvalue weighted by molar-refractivity contribution is 5.95. The number of nitrogens with one attached hydrogen (secondary N) is 1. The molecule has 0 radical (unpaired) electrons. The lowest BCUT2D eigenvalue weighted by Crippen LogP contribution is -2.49. The highest BCUT2D eigenvalue weighted by Crippen LogP contribution is 2.32. The maximum absolute atomic E-state index is 13.2. The number of hydrogen-bond acceptors (Lipinski definition) is 5. The largest absolute Gasteiger partial charge is 0.463 e. The SMILES string of the molecule is CCOC(=O)C1=C(CN2CCCN(C(=O)CC)CC2)N(C)C(=O)NC1c1ccc(C(C)C)cc1. The summed E-state index contributed by atoms with van der Waals surface area (Å²) in [5, 5.41) is 2.99. The number of ether oxygens (including phenoxy) is 1. The van der Waals surface area contributed by atoms with Crippen LogP contribution in [0.2, 0.25) is 0 Å². The average molecular weight is 471 g/mol. The number of likely N-dealkylation sites (N-methyl/N-ethyl adjacent to an activating group) is 1. The van der Waals surface area contributed by atoms with Crippen molar-refractivity contribution in [2.75, 3.05) is 46.4 Å². The van der Waals surface area contributed by atoms with Gasteiger partial charge in [-0.1, -0.05) is 45.0 Å². The number of nitrogens with zero attached hydrogens (tertiary/aromatic N) is 3. The summed E-state index contributed by atoms with van der Waals surface area (Å²) >= 11 is 0. The van der Waals surface area contributed by atoms with Gasteiger partial charge < -0.3 is 15.0 Å². The van der Waals surface area contributed by atoms with Gasteiger partial charge in [0.25, 0.3) is 0 Å². The molecule has 1 unspecified atom stereocenters. The minimum Gasteiger partial charge on any atom is -0.463 e. The van der Waals surface area contributed by atoms with Gasteiger partial charge in [-0.2, -0.15) is 0 Å². The van der Waals surface area contributed by atoms with Crippen molar-refractivity contribution >= 4 is 17.9 Å². The van der Waals surface area contributed by atoms with Gasteiger partial charge in [-0.05, 0) is 30.4 Å². The van der Waals surface area contributed by atoms with Gasteiger partial charge >= 0.3 is 12.0 Å². The van der Waals surface area contributed by atoms with Gasteiger partial charge in [-0.15, -0.1) is 0 Å². The van der Waals surface area contributed by atoms with Crippen molar-refractivity contribution in [3.63, 3.8) is 0 Å². The molecular formula is C26H38N4O4. The van der Waals surface area contributed by atoms with E-state index in [1.54, 1.807) is 14.0 Å². The first-order valence-corrected chi connectivity index (χ1v) is 12.3. The Balaban J connectivity index is 1.95. The van der Waals surface area contributed by atoms with E-state index in [-0.39, 0.29) is 18.5 Å². The summed E-state index contributed by atoms with van der Waals surface area (Å²) in [6.07, 6.45) is 1.35. The Morgan fingerprint density at radius 3 is 2.41 bits per heavy atom. The fourth-order valence-electron chi connectivity index (χ4n) is 4.54. The third-order valence-corrected chi connectivity index (χ3v) is 6.63. The van der Waals surface area contributed by atoms with Gasteiger partial charge in [-0.3, -0.25) is 14.6 Å². The second-order valence-electron chi connectivity index (χ2n) is 9.21. The van der Waals surface area contributed by atoms with Crippen LogP contribution in [0.4, 0.5) is 4.79 Å². The summed E-state index contributed by atoms with van der Waals surface area (Å²) in [5.74, 6) is 0.131. The average Bonchev–Trinajstić information content (AvgIpc) is 3.07. The molecule has 0 spiro atoms. The minimum atomic E-state index is -0.580. The summed E-state index contributed by atoms with van der Waals surface area (Å²) in [4.78, 5) is 43.9. The molecule has 1 N–H and O–H groups in total. The molecule has 1 aromatic rings. The van der Waals surface area contributed by atoms with E-state index in [2.05, 4.69) is 24.1 Å². The Kier molecular flexibility index (Phi) is 8.72. The third-order valence-electron chi connectivity index (χ3n) is 6.63. The molecule has 0 saturated carbocycles. The van der Waals surface area contributed by atoms with E-state index in [1.165, 1.54) is 10.5 Å². The highest BCUT2D eigenvalue weighted by Gasteiger charge is 2.37. The van der Waals surface area contributed by atoms with E-state index in [4.69, 9.17) is 4.74 Å². The zero-order chi connectivity index (χ0) is 24.8. The van der Waals surface area contributed by atoms with Gasteiger partial charge in [0.15, 0.2) is 0 Å². The summed E-state index contributed by atoms with van der Waals surface area (Å²) < 4.78 is 5.44. The third kappa shape index (κ3) is 5.78. The van der Waals surface area contributed by atoms with E-state index in [0.29, 0.717) is 43.2 Å². The van der Waals surface area contributed by atoms with Gasteiger partial charge in [0.2, 0.25) is 5.91 Å². The molecule has 2 aliphatic heterocycles. The van der Waals surface area contributed by atoms with Crippen LogP contribution in [0.3, 0.4) is 0 Å². The second kappa shape index (κ2) is 11.5. The monoisotopic (exact) mass is 470 g/mol. The van der Waals surface area contributed by atoms with Crippen molar-refractivity contribution in [2.45, 2.75) is 52.5 Å². The quantitative estimate of drug-likeness (QED) is 0.619. The van der Waals surface area contributed by atoms with Gasteiger partial charge in [0, 0.05) is 51.9 Å². The van der Waals surface area contributed by atoms with Crippen molar-refractivity contribution in [1.82, 2.24) is 20.0 Å². The molecule has 3 amide bonds. The Morgan fingerprint density at radius 2 is 1.79 bits per heavy atom. The zero-order valence-corrected chi connectivity index (χ0v) is 21.1. The maximum atomic E-state index is 13.2. The van der Waals surface area contributed by atoms with Crippen LogP contribution in [0, 0.1) is 0 Å². The molecule has 2 heterocycles. The normalized spacial score (nSPS) is 19.8. The van der Waals surface area contributed by atoms with Crippen molar-refractivity contribution in [3.05, 3.63) is 46.7 Å². The van der Waals surface area contributed by atoms with Crippen molar-refractivity contribution in [1.29, 1.82) is 0 Å². The number of benzene rings is 1. The van der Waals surface area contributed by atoms with Crippen LogP contribution in [0.25, 0.3) is 0 Å². The molecule has 1 fully saturated rings. The molecule has 3 rings (SSSR count). The Morgan fingerprint density at radius 1 is 1.09 bits per heavy atom. The number of amides is 3. The van der Waals surface area contributed by atoms with E-state index >= 15 is 0 Å². The van der Waals surface area contributed by atoms with E-state index in [1.807, 2.05) is 36.1 Å². The molecule has 2 aliphatic rings. The Bertz CT molecular complexity index is 925. The van der Waals surface area contributed by atoms with Crippen LogP contribution in [0.15, 0.2) is 35.5 Å². The van der Waals surface area contributed by atoms with Crippen LogP contribution < -0.4 is 5.32 Å². The molecule has 34 heavy (non-hydrogen) atoms. The molecule has 0 bridgehead atoms. The summed E-state index contributed by atoms with van der Waals surface area (Å²) in [7, 11) is 1.69. The van der Waals surface area contributed by atoms with Crippen LogP contribution in [-0.4, -0.2) is 79.0 Å². The van der Waals surface area contributed by atoms with Crippen LogP contribution in [-0.2, 0) is 14.3 Å². The number of esters is 1. The Hall–Kier alpha value is -2.87. The lowest BCUT2D eigenvalue weighted by molar-refractivity contribution is -0.139. The molecule has 0 aliphatic carbocycles. The van der Waals surface area contributed by atoms with Gasteiger partial charge in [0.05, 0.1) is 18.2 Å². The number of rotatable bonds is 7. The second-order valence-corrected chi connectivity index (χ2v) is 9.21. The molecule has 0 aromatic heterocycles. The fraction of sp³-hybridized carbons (Fsp3) is 0.577. The van der Waals surface area contributed by atoms with Crippen LogP contribution in [0.1, 0.15) is 63.6 Å². The maximum Gasteiger partial charge on any atom is 0.338 e. The predicted octanol–water partition coefficient (Wildman–Crippen LogP) is 3.27. The first kappa shape index (κ1) is 25.7. The molecule has 8 nitrogen and oxygen atoms in total. The minimum absolute atomic E-state index is 0.160. The lowest BCUT2D eigenvalue weighted by Gasteiger charge is -2.36. The van der Waals surface area contributed by atoms with E-state index in [0.717, 1.165) is 25.1 Å². The molecule has 1 saturated heterocycles. The topological polar surface area (TPSA) is 82.2 Å². The summed E-state index contributed by atoms with van der Waals surface area (Å²) in [5.41, 5.74) is 3.16. The van der Waals surface area contributed by atoms with Gasteiger partial charge in [0.1, 0.15) is 0 Å². The summed E-state index contributed by atoms with van der Waals surface area (Å²) in [6, 6.07) is 7.20. The molecule has 8 heteroatoms. The predicted molar refractivity (Wildman–Crippen MR) is 131 cm³/mol. The van der Waals surface area contributed by atoms with Crippen LogP contribution in [0.5, 0.6) is 0 Å². The molecular weight excluding hydrogens is 432 g/mol. The lowest BCUT2D eigenvalue weighted by atomic mass is 9.92. The molecule has 186 valence electrons. The highest BCUT2D eigenvalue weighted by atomic mass is 16.5. The van der Waals surface area contributed by atoms with Crippen molar-refractivity contribution in [2.24, 2.45) is 0 Å². The fourth-order valence-corrected chi connectivity index (χ4v) is 4.54. The molecule has 1 atom stereocenters. The first-order valence-electron chi connectivity index (χ1n) is 12.3. The first-order chi connectivity index (χ1) is 16.3. The van der Waals surface area contributed by atoms with Gasteiger partial charge in [-0.25, -0.2) is 9.59 Å². The number of carbonyl (C=O) groups excluding carboxylic acids is 3. The smallest absolute Gasteiger partial charge is 0.338 e. The standard InChI is InChI=1S/C26H38N4O4/c1-6-22(31)30-14-8-13-29(15-16-30)17-21-23(25(32)34-7-2)24(27-26(33)28(21)5)20-11-9-19(10-12-20)18(3)4/h9-12,18,24H,6-8,13-17H2,1-5H3,(H,27,33). The molecule has 1 aromatic carbocycles. The van der Waals surface area contributed by atoms with Crippen molar-refractivity contribution in [3.8, 4) is 0 Å². The van der Waals surface area contributed by atoms with E-state index < -0.39 is 12.0 Å². The Labute approximate surface area is 202 Å². The zero-order valence-electron chi connectivity index (χ0n) is 21.1. The van der Waals surface area contributed by atoms with E-state index in [9.17, 15) is 14.4 Å². The number of hydrogen-bond donors (Lipinski definition) is 1. The summed E-state index contributed by atoms with van der Waals surface area (Å²) in [6.45, 7) is 11.5.